The number of nitrogens with one attached hydrogen (secondary N) is 1. The van der Waals surface area contributed by atoms with E-state index in [-0.39, 0.29) is 27.7 Å². The number of benzene rings is 3. The molecule has 0 aliphatic rings. The maximum absolute atomic E-state index is 15.4. The van der Waals surface area contributed by atoms with Gasteiger partial charge in [0.15, 0.2) is 5.82 Å². The number of nitrogens with zero attached hydrogens (tertiary/aromatic N) is 2. The highest BCUT2D eigenvalue weighted by molar-refractivity contribution is 7.92. The molecule has 0 bridgehead atoms. The SMILES string of the molecule is COc1cc(-c2cc(C)cc(Cl)c2)c(F)cc1-n1c(=O)ccc2cc(S(=O)(=O)Nc3ccon3)ccc21. The van der Waals surface area contributed by atoms with Gasteiger partial charge in [-0.25, -0.2) is 12.8 Å². The molecule has 0 unspecified atom stereocenters. The first-order valence-electron chi connectivity index (χ1n) is 10.9. The molecule has 37 heavy (non-hydrogen) atoms. The van der Waals surface area contributed by atoms with Gasteiger partial charge < -0.3 is 9.26 Å². The average molecular weight is 540 g/mol. The molecule has 1 N–H and O–H groups in total. The van der Waals surface area contributed by atoms with Crippen LogP contribution in [-0.4, -0.2) is 25.3 Å². The Labute approximate surface area is 215 Å². The van der Waals surface area contributed by atoms with Gasteiger partial charge in [0.25, 0.3) is 15.6 Å². The van der Waals surface area contributed by atoms with Gasteiger partial charge in [0, 0.05) is 34.2 Å². The van der Waals surface area contributed by atoms with E-state index in [1.54, 1.807) is 18.2 Å². The molecule has 0 spiro atoms. The topological polar surface area (TPSA) is 103 Å². The number of rotatable bonds is 6. The first kappa shape index (κ1) is 24.5. The van der Waals surface area contributed by atoms with Crippen LogP contribution in [0.3, 0.4) is 0 Å². The van der Waals surface area contributed by atoms with Crippen LogP contribution in [-0.2, 0) is 10.0 Å². The fourth-order valence-corrected chi connectivity index (χ4v) is 5.41. The first-order chi connectivity index (χ1) is 17.7. The van der Waals surface area contributed by atoms with Crippen molar-refractivity contribution in [2.24, 2.45) is 0 Å². The largest absolute Gasteiger partial charge is 0.495 e. The van der Waals surface area contributed by atoms with E-state index in [9.17, 15) is 13.2 Å². The number of fused-ring (bicyclic) bond motifs is 1. The maximum atomic E-state index is 15.4. The molecular weight excluding hydrogens is 521 g/mol. The van der Waals surface area contributed by atoms with E-state index in [1.165, 1.54) is 66.5 Å². The monoisotopic (exact) mass is 539 g/mol. The Bertz CT molecular complexity index is 1800. The molecule has 2 aromatic heterocycles. The van der Waals surface area contributed by atoms with Crippen LogP contribution in [0.15, 0.2) is 87.2 Å². The normalized spacial score (nSPS) is 11.6. The van der Waals surface area contributed by atoms with E-state index in [0.717, 1.165) is 5.56 Å². The van der Waals surface area contributed by atoms with Crippen molar-refractivity contribution in [3.63, 3.8) is 0 Å². The summed E-state index contributed by atoms with van der Waals surface area (Å²) in [4.78, 5) is 12.9. The second kappa shape index (κ2) is 9.38. The van der Waals surface area contributed by atoms with E-state index in [2.05, 4.69) is 14.4 Å². The van der Waals surface area contributed by atoms with Gasteiger partial charge in [0.1, 0.15) is 17.8 Å². The van der Waals surface area contributed by atoms with Crippen molar-refractivity contribution in [1.82, 2.24) is 9.72 Å². The second-order valence-electron chi connectivity index (χ2n) is 8.24. The lowest BCUT2D eigenvalue weighted by molar-refractivity contribution is 0.412. The van der Waals surface area contributed by atoms with Crippen molar-refractivity contribution in [2.75, 3.05) is 11.8 Å². The molecule has 5 rings (SSSR count). The Morgan fingerprint density at radius 1 is 1.05 bits per heavy atom. The zero-order valence-corrected chi connectivity index (χ0v) is 21.1. The molecule has 0 radical (unpaired) electrons. The number of ether oxygens (including phenoxy) is 1. The van der Waals surface area contributed by atoms with Crippen LogP contribution >= 0.6 is 11.6 Å². The van der Waals surface area contributed by atoms with Crippen molar-refractivity contribution < 1.29 is 22.1 Å². The van der Waals surface area contributed by atoms with E-state index >= 15 is 4.39 Å². The highest BCUT2D eigenvalue weighted by Gasteiger charge is 2.20. The molecular formula is C26H19ClFN3O5S. The maximum Gasteiger partial charge on any atom is 0.263 e. The summed E-state index contributed by atoms with van der Waals surface area (Å²) in [5.41, 5.74) is 1.75. The van der Waals surface area contributed by atoms with Crippen LogP contribution in [0.2, 0.25) is 5.02 Å². The lowest BCUT2D eigenvalue weighted by Crippen LogP contribution is -2.19. The minimum Gasteiger partial charge on any atom is -0.495 e. The molecule has 0 saturated carbocycles. The van der Waals surface area contributed by atoms with Crippen molar-refractivity contribution >= 4 is 38.3 Å². The van der Waals surface area contributed by atoms with E-state index in [0.29, 0.717) is 21.5 Å². The lowest BCUT2D eigenvalue weighted by Gasteiger charge is -2.17. The summed E-state index contributed by atoms with van der Waals surface area (Å²) < 4.78 is 54.8. The average Bonchev–Trinajstić information content (AvgIpc) is 3.35. The number of anilines is 1. The van der Waals surface area contributed by atoms with Gasteiger partial charge in [0.05, 0.1) is 23.2 Å². The predicted octanol–water partition coefficient (Wildman–Crippen LogP) is 5.56. The number of aryl methyl sites for hydroxylation is 1. The standard InChI is InChI=1S/C26H19ClFN3O5S/c1-15-9-17(11-18(27)10-15)20-13-24(35-2)23(14-21(20)28)31-22-5-4-19(12-16(22)3-6-26(31)32)37(33,34)30-25-7-8-36-29-25/h3-14H,1-2H3,(H,29,30). The van der Waals surface area contributed by atoms with Crippen molar-refractivity contribution in [3.8, 4) is 22.6 Å². The van der Waals surface area contributed by atoms with Gasteiger partial charge in [-0.1, -0.05) is 22.8 Å². The van der Waals surface area contributed by atoms with Gasteiger partial charge in [-0.2, -0.15) is 0 Å². The summed E-state index contributed by atoms with van der Waals surface area (Å²) in [7, 11) is -2.56. The lowest BCUT2D eigenvalue weighted by atomic mass is 10.0. The Kier molecular flexibility index (Phi) is 6.22. The van der Waals surface area contributed by atoms with Gasteiger partial charge in [-0.3, -0.25) is 14.1 Å². The van der Waals surface area contributed by atoms with Crippen LogP contribution < -0.4 is 15.0 Å². The van der Waals surface area contributed by atoms with Gasteiger partial charge in [0.2, 0.25) is 0 Å². The molecule has 2 heterocycles. The highest BCUT2D eigenvalue weighted by atomic mass is 35.5. The highest BCUT2D eigenvalue weighted by Crippen LogP contribution is 2.35. The molecule has 8 nitrogen and oxygen atoms in total. The molecule has 0 amide bonds. The number of methoxy groups -OCH3 is 1. The number of sulfonamides is 1. The summed E-state index contributed by atoms with van der Waals surface area (Å²) >= 11 is 6.17. The van der Waals surface area contributed by atoms with Crippen LogP contribution in [0.25, 0.3) is 27.7 Å². The van der Waals surface area contributed by atoms with E-state index < -0.39 is 21.4 Å². The van der Waals surface area contributed by atoms with Crippen LogP contribution in [0.4, 0.5) is 10.2 Å². The fourth-order valence-electron chi connectivity index (χ4n) is 4.10. The third-order valence-electron chi connectivity index (χ3n) is 5.72. The molecule has 188 valence electrons. The number of halogens is 2. The molecule has 11 heteroatoms. The summed E-state index contributed by atoms with van der Waals surface area (Å²) in [6.45, 7) is 1.85. The van der Waals surface area contributed by atoms with Crippen molar-refractivity contribution in [1.29, 1.82) is 0 Å². The third-order valence-corrected chi connectivity index (χ3v) is 7.29. The van der Waals surface area contributed by atoms with Crippen molar-refractivity contribution in [2.45, 2.75) is 11.8 Å². The zero-order chi connectivity index (χ0) is 26.3. The van der Waals surface area contributed by atoms with Crippen molar-refractivity contribution in [3.05, 3.63) is 99.8 Å². The molecule has 0 aliphatic heterocycles. The smallest absolute Gasteiger partial charge is 0.263 e. The summed E-state index contributed by atoms with van der Waals surface area (Å²) in [5.74, 6) is -0.314. The minimum atomic E-state index is -3.98. The number of hydrogen-bond acceptors (Lipinski definition) is 6. The molecule has 0 aliphatic carbocycles. The van der Waals surface area contributed by atoms with Crippen LogP contribution in [0, 0.1) is 12.7 Å². The Hall–Kier alpha value is -4.15. The molecule has 0 saturated heterocycles. The van der Waals surface area contributed by atoms with Gasteiger partial charge >= 0.3 is 0 Å². The van der Waals surface area contributed by atoms with Crippen LogP contribution in [0.1, 0.15) is 5.56 Å². The Morgan fingerprint density at radius 3 is 2.57 bits per heavy atom. The molecule has 5 aromatic rings. The molecule has 3 aromatic carbocycles. The quantitative estimate of drug-likeness (QED) is 0.303. The van der Waals surface area contributed by atoms with Gasteiger partial charge in [-0.05, 0) is 60.5 Å². The number of hydrogen-bond donors (Lipinski definition) is 1. The Balaban J connectivity index is 1.65. The fraction of sp³-hybridized carbons (Fsp3) is 0.0769. The molecule has 0 fully saturated rings. The number of pyridine rings is 1. The summed E-state index contributed by atoms with van der Waals surface area (Å²) in [6.07, 6.45) is 1.24. The van der Waals surface area contributed by atoms with E-state index in [4.69, 9.17) is 16.3 Å². The summed E-state index contributed by atoms with van der Waals surface area (Å²) in [6, 6.07) is 16.3. The van der Waals surface area contributed by atoms with Crippen LogP contribution in [0.5, 0.6) is 5.75 Å². The molecule has 0 atom stereocenters. The summed E-state index contributed by atoms with van der Waals surface area (Å²) in [5, 5.41) is 4.45. The zero-order valence-electron chi connectivity index (χ0n) is 19.5. The number of aromatic nitrogens is 2. The minimum absolute atomic E-state index is 0.0280. The van der Waals surface area contributed by atoms with E-state index in [1.807, 2.05) is 6.92 Å². The first-order valence-corrected chi connectivity index (χ1v) is 12.8. The third kappa shape index (κ3) is 4.68. The second-order valence-corrected chi connectivity index (χ2v) is 10.4. The Morgan fingerprint density at radius 2 is 1.86 bits per heavy atom. The predicted molar refractivity (Wildman–Crippen MR) is 139 cm³/mol. The van der Waals surface area contributed by atoms with Gasteiger partial charge in [-0.15, -0.1) is 0 Å².